The summed E-state index contributed by atoms with van der Waals surface area (Å²) in [4.78, 5) is 23.5. The van der Waals surface area contributed by atoms with Crippen LogP contribution in [0.2, 0.25) is 0 Å². The highest BCUT2D eigenvalue weighted by molar-refractivity contribution is 6.23. The third kappa shape index (κ3) is 3.09. The van der Waals surface area contributed by atoms with Crippen molar-refractivity contribution in [3.05, 3.63) is 59.2 Å². The van der Waals surface area contributed by atoms with Gasteiger partial charge in [-0.25, -0.2) is 0 Å². The summed E-state index contributed by atoms with van der Waals surface area (Å²) in [7, 11) is 0. The number of aliphatic hydroxyl groups is 1. The molecule has 108 valence electrons. The number of hydrogen-bond acceptors (Lipinski definition) is 3. The monoisotopic (exact) mass is 282 g/mol. The van der Waals surface area contributed by atoms with Crippen molar-refractivity contribution in [1.29, 1.82) is 0 Å². The number of hydrogen-bond donors (Lipinski definition) is 1. The number of carbonyl (C=O) groups is 2. The zero-order valence-corrected chi connectivity index (χ0v) is 12.2. The Balaban J connectivity index is 0.000000497. The van der Waals surface area contributed by atoms with E-state index in [1.807, 2.05) is 12.1 Å². The predicted octanol–water partition coefficient (Wildman–Crippen LogP) is 3.68. The molecule has 1 aliphatic carbocycles. The van der Waals surface area contributed by atoms with Gasteiger partial charge in [-0.3, -0.25) is 9.59 Å². The fourth-order valence-electron chi connectivity index (χ4n) is 2.18. The minimum absolute atomic E-state index is 0.0419. The van der Waals surface area contributed by atoms with Crippen LogP contribution < -0.4 is 0 Å². The maximum Gasteiger partial charge on any atom is 0.186 e. The molecule has 0 fully saturated rings. The van der Waals surface area contributed by atoms with E-state index in [0.717, 1.165) is 16.3 Å². The number of rotatable bonds is 1. The first kappa shape index (κ1) is 15.1. The first-order chi connectivity index (χ1) is 10.1. The van der Waals surface area contributed by atoms with E-state index in [-0.39, 0.29) is 18.2 Å². The Morgan fingerprint density at radius 1 is 0.857 bits per heavy atom. The Labute approximate surface area is 123 Å². The van der Waals surface area contributed by atoms with Gasteiger partial charge in [-0.05, 0) is 46.7 Å². The van der Waals surface area contributed by atoms with Crippen molar-refractivity contribution in [3.63, 3.8) is 0 Å². The summed E-state index contributed by atoms with van der Waals surface area (Å²) in [5.41, 5.74) is 1.67. The van der Waals surface area contributed by atoms with Crippen LogP contribution in [0, 0.1) is 0 Å². The molecule has 3 heteroatoms. The van der Waals surface area contributed by atoms with Gasteiger partial charge in [0, 0.05) is 11.1 Å². The molecule has 1 aliphatic rings. The molecule has 0 atom stereocenters. The zero-order valence-electron chi connectivity index (χ0n) is 12.2. The zero-order chi connectivity index (χ0) is 15.4. The second-order valence-electron chi connectivity index (χ2n) is 5.01. The van der Waals surface area contributed by atoms with E-state index in [1.54, 1.807) is 18.2 Å². The minimum Gasteiger partial charge on any atom is -0.392 e. The van der Waals surface area contributed by atoms with Crippen molar-refractivity contribution in [1.82, 2.24) is 0 Å². The summed E-state index contributed by atoms with van der Waals surface area (Å²) < 4.78 is 0. The van der Waals surface area contributed by atoms with Gasteiger partial charge in [0.25, 0.3) is 0 Å². The molecule has 0 aliphatic heterocycles. The minimum atomic E-state index is -0.152. The Kier molecular flexibility index (Phi) is 4.66. The summed E-state index contributed by atoms with van der Waals surface area (Å²) in [6, 6.07) is 8.92. The number of benzene rings is 2. The van der Waals surface area contributed by atoms with E-state index < -0.39 is 0 Å². The molecule has 0 amide bonds. The van der Waals surface area contributed by atoms with E-state index >= 15 is 0 Å². The lowest BCUT2D eigenvalue weighted by Gasteiger charge is -2.11. The SMILES string of the molecule is CCC.O=C1C=CC(=O)c2cc3cc(CO)ccc3cc21. The quantitative estimate of drug-likeness (QED) is 0.868. The number of allylic oxidation sites excluding steroid dienone is 2. The first-order valence-corrected chi connectivity index (χ1v) is 7.05. The second-order valence-corrected chi connectivity index (χ2v) is 5.01. The van der Waals surface area contributed by atoms with Crippen LogP contribution in [-0.4, -0.2) is 16.7 Å². The predicted molar refractivity (Wildman–Crippen MR) is 83.6 cm³/mol. The lowest BCUT2D eigenvalue weighted by molar-refractivity contribution is 0.0994. The van der Waals surface area contributed by atoms with Crippen molar-refractivity contribution in [2.45, 2.75) is 26.9 Å². The van der Waals surface area contributed by atoms with Gasteiger partial charge in [0.15, 0.2) is 11.6 Å². The third-order valence-electron chi connectivity index (χ3n) is 3.14. The lowest BCUT2D eigenvalue weighted by atomic mass is 9.91. The summed E-state index contributed by atoms with van der Waals surface area (Å²) in [5, 5.41) is 10.8. The van der Waals surface area contributed by atoms with Gasteiger partial charge in [-0.15, -0.1) is 0 Å². The summed E-state index contributed by atoms with van der Waals surface area (Å²) in [6.07, 6.45) is 3.85. The largest absolute Gasteiger partial charge is 0.392 e. The molecule has 21 heavy (non-hydrogen) atoms. The van der Waals surface area contributed by atoms with Crippen LogP contribution in [0.15, 0.2) is 42.5 Å². The Morgan fingerprint density at radius 2 is 1.38 bits per heavy atom. The third-order valence-corrected chi connectivity index (χ3v) is 3.14. The van der Waals surface area contributed by atoms with Crippen molar-refractivity contribution >= 4 is 22.3 Å². The molecular weight excluding hydrogens is 264 g/mol. The highest BCUT2D eigenvalue weighted by atomic mass is 16.3. The molecule has 0 heterocycles. The molecule has 0 saturated carbocycles. The standard InChI is InChI=1S/C15H10O3.C3H8/c16-8-9-1-2-10-6-12-13(7-11(10)5-9)15(18)4-3-14(12)17;1-3-2/h1-7,16H,8H2;3H2,1-2H3. The molecule has 2 aromatic carbocycles. The highest BCUT2D eigenvalue weighted by Crippen LogP contribution is 2.25. The molecule has 0 spiro atoms. The molecule has 3 rings (SSSR count). The molecule has 0 unspecified atom stereocenters. The van der Waals surface area contributed by atoms with Crippen molar-refractivity contribution < 1.29 is 14.7 Å². The van der Waals surface area contributed by atoms with Crippen LogP contribution in [0.1, 0.15) is 46.5 Å². The van der Waals surface area contributed by atoms with Gasteiger partial charge < -0.3 is 5.11 Å². The van der Waals surface area contributed by atoms with Crippen LogP contribution in [-0.2, 0) is 6.61 Å². The van der Waals surface area contributed by atoms with E-state index in [0.29, 0.717) is 11.1 Å². The molecular formula is C18H18O3. The maximum absolute atomic E-state index is 11.7. The van der Waals surface area contributed by atoms with E-state index in [9.17, 15) is 9.59 Å². The Hall–Kier alpha value is -2.26. The molecule has 0 saturated heterocycles. The van der Waals surface area contributed by atoms with Gasteiger partial charge in [0.2, 0.25) is 0 Å². The van der Waals surface area contributed by atoms with Crippen LogP contribution in [0.3, 0.4) is 0 Å². The number of carbonyl (C=O) groups excluding carboxylic acids is 2. The van der Waals surface area contributed by atoms with Gasteiger partial charge in [0.1, 0.15) is 0 Å². The fourth-order valence-corrected chi connectivity index (χ4v) is 2.18. The topological polar surface area (TPSA) is 54.4 Å². The van der Waals surface area contributed by atoms with E-state index in [2.05, 4.69) is 13.8 Å². The van der Waals surface area contributed by atoms with Gasteiger partial charge in [0.05, 0.1) is 6.61 Å². The van der Waals surface area contributed by atoms with Crippen LogP contribution in [0.5, 0.6) is 0 Å². The normalized spacial score (nSPS) is 12.9. The number of aliphatic hydroxyl groups excluding tert-OH is 1. The highest BCUT2D eigenvalue weighted by Gasteiger charge is 2.19. The summed E-state index contributed by atoms with van der Waals surface area (Å²) in [5.74, 6) is -0.293. The summed E-state index contributed by atoms with van der Waals surface area (Å²) in [6.45, 7) is 4.21. The number of fused-ring (bicyclic) bond motifs is 2. The first-order valence-electron chi connectivity index (χ1n) is 7.05. The van der Waals surface area contributed by atoms with Crippen molar-refractivity contribution in [3.8, 4) is 0 Å². The smallest absolute Gasteiger partial charge is 0.186 e. The molecule has 0 aromatic heterocycles. The van der Waals surface area contributed by atoms with E-state index in [1.165, 1.54) is 18.6 Å². The van der Waals surface area contributed by atoms with Crippen LogP contribution in [0.25, 0.3) is 10.8 Å². The van der Waals surface area contributed by atoms with Crippen LogP contribution >= 0.6 is 0 Å². The molecule has 1 N–H and O–H groups in total. The Morgan fingerprint density at radius 3 is 1.90 bits per heavy atom. The van der Waals surface area contributed by atoms with Crippen LogP contribution in [0.4, 0.5) is 0 Å². The van der Waals surface area contributed by atoms with Gasteiger partial charge >= 0.3 is 0 Å². The average molecular weight is 282 g/mol. The van der Waals surface area contributed by atoms with Gasteiger partial charge in [-0.2, -0.15) is 0 Å². The molecule has 2 aromatic rings. The maximum atomic E-state index is 11.7. The lowest BCUT2D eigenvalue weighted by Crippen LogP contribution is -2.11. The summed E-state index contributed by atoms with van der Waals surface area (Å²) >= 11 is 0. The van der Waals surface area contributed by atoms with Crippen molar-refractivity contribution in [2.24, 2.45) is 0 Å². The van der Waals surface area contributed by atoms with Gasteiger partial charge in [-0.1, -0.05) is 32.4 Å². The molecule has 0 radical (unpaired) electrons. The van der Waals surface area contributed by atoms with Crippen molar-refractivity contribution in [2.75, 3.05) is 0 Å². The average Bonchev–Trinajstić information content (AvgIpc) is 2.50. The Bertz CT molecular complexity index is 727. The van der Waals surface area contributed by atoms with E-state index in [4.69, 9.17) is 5.11 Å². The second kappa shape index (κ2) is 6.46. The fraction of sp³-hybridized carbons (Fsp3) is 0.222. The molecule has 0 bridgehead atoms. The molecule has 3 nitrogen and oxygen atoms in total. The number of ketones is 2.